The van der Waals surface area contributed by atoms with Crippen molar-refractivity contribution in [2.45, 2.75) is 46.5 Å². The first-order valence-corrected chi connectivity index (χ1v) is 5.24. The summed E-state index contributed by atoms with van der Waals surface area (Å²) < 4.78 is 0. The molecule has 0 aliphatic heterocycles. The quantitative estimate of drug-likeness (QED) is 0.605. The van der Waals surface area contributed by atoms with Crippen molar-refractivity contribution in [1.82, 2.24) is 5.32 Å². The first-order valence-electron chi connectivity index (χ1n) is 5.24. The first-order chi connectivity index (χ1) is 5.83. The molecule has 0 fully saturated rings. The summed E-state index contributed by atoms with van der Waals surface area (Å²) >= 11 is 0. The molecule has 0 bridgehead atoms. The molecule has 0 heterocycles. The van der Waals surface area contributed by atoms with E-state index in [-0.39, 0.29) is 0 Å². The Hall–Kier alpha value is -0.0800. The highest BCUT2D eigenvalue weighted by molar-refractivity contribution is 4.45. The van der Waals surface area contributed by atoms with E-state index in [0.29, 0.717) is 0 Å². The van der Waals surface area contributed by atoms with Crippen LogP contribution < -0.4 is 11.1 Å². The zero-order chi connectivity index (χ0) is 9.66. The molecule has 2 nitrogen and oxygen atoms in total. The van der Waals surface area contributed by atoms with Crippen LogP contribution in [-0.4, -0.2) is 19.6 Å². The monoisotopic (exact) mass is 174 g/mol. The Balaban J connectivity index is 0. The highest BCUT2D eigenvalue weighted by Crippen LogP contribution is 1.85. The lowest BCUT2D eigenvalue weighted by molar-refractivity contribution is 0.611. The molecule has 76 valence electrons. The number of hydrogen-bond acceptors (Lipinski definition) is 2. The Morgan fingerprint density at radius 3 is 1.50 bits per heavy atom. The van der Waals surface area contributed by atoms with Crippen LogP contribution in [0.15, 0.2) is 0 Å². The van der Waals surface area contributed by atoms with Gasteiger partial charge in [-0.1, -0.05) is 33.6 Å². The smallest absolute Gasteiger partial charge is 0.00490 e. The fourth-order valence-electron chi connectivity index (χ4n) is 0.729. The first kappa shape index (κ1) is 14.4. The Morgan fingerprint density at radius 2 is 1.25 bits per heavy atom. The van der Waals surface area contributed by atoms with Gasteiger partial charge in [0.15, 0.2) is 0 Å². The summed E-state index contributed by atoms with van der Waals surface area (Å²) in [6.07, 6.45) is 5.26. The third-order valence-corrected chi connectivity index (χ3v) is 1.41. The molecule has 0 saturated carbocycles. The van der Waals surface area contributed by atoms with Crippen LogP contribution in [0, 0.1) is 0 Å². The average molecular weight is 174 g/mol. The molecular weight excluding hydrogens is 148 g/mol. The molecule has 12 heavy (non-hydrogen) atoms. The minimum Gasteiger partial charge on any atom is -0.331 e. The second-order valence-corrected chi connectivity index (χ2v) is 2.87. The summed E-state index contributed by atoms with van der Waals surface area (Å²) in [5, 5.41) is 3.39. The van der Waals surface area contributed by atoms with Crippen molar-refractivity contribution in [2.24, 2.45) is 5.73 Å². The van der Waals surface area contributed by atoms with E-state index < -0.39 is 0 Å². The van der Waals surface area contributed by atoms with Crippen molar-refractivity contribution in [3.8, 4) is 0 Å². The highest BCUT2D eigenvalue weighted by Gasteiger charge is 1.83. The maximum atomic E-state index is 4.85. The molecule has 0 unspecified atom stereocenters. The summed E-state index contributed by atoms with van der Waals surface area (Å²) in [6, 6.07) is 0. The molecule has 0 spiro atoms. The van der Waals surface area contributed by atoms with Gasteiger partial charge in [-0.2, -0.15) is 0 Å². The lowest BCUT2D eigenvalue weighted by Crippen LogP contribution is -2.15. The topological polar surface area (TPSA) is 38.0 Å². The number of unbranched alkanes of at least 4 members (excludes halogenated alkanes) is 2. The standard InChI is InChI=1S/C8H19N.C2H7N/c1-3-5-7-9-8-6-4-2;1-2-3/h9H,3-8H2,1-2H3;2-3H2,1H3. The molecule has 0 aliphatic carbocycles. The molecular formula is C10H26N2. The van der Waals surface area contributed by atoms with Crippen LogP contribution in [0.5, 0.6) is 0 Å². The van der Waals surface area contributed by atoms with Crippen LogP contribution in [0.4, 0.5) is 0 Å². The zero-order valence-corrected chi connectivity index (χ0v) is 9.03. The van der Waals surface area contributed by atoms with E-state index >= 15 is 0 Å². The van der Waals surface area contributed by atoms with E-state index in [1.54, 1.807) is 0 Å². The Kier molecular flexibility index (Phi) is 20.6. The Morgan fingerprint density at radius 1 is 0.917 bits per heavy atom. The molecule has 0 aromatic rings. The summed E-state index contributed by atoms with van der Waals surface area (Å²) in [6.45, 7) is 9.51. The van der Waals surface area contributed by atoms with Gasteiger partial charge in [0.1, 0.15) is 0 Å². The number of nitrogens with one attached hydrogen (secondary N) is 1. The summed E-state index contributed by atoms with van der Waals surface area (Å²) in [7, 11) is 0. The molecule has 0 amide bonds. The Bertz CT molecular complexity index is 49.8. The van der Waals surface area contributed by atoms with E-state index in [1.807, 2.05) is 6.92 Å². The van der Waals surface area contributed by atoms with Gasteiger partial charge in [-0.05, 0) is 32.5 Å². The van der Waals surface area contributed by atoms with E-state index in [9.17, 15) is 0 Å². The van der Waals surface area contributed by atoms with Crippen molar-refractivity contribution >= 4 is 0 Å². The van der Waals surface area contributed by atoms with Crippen LogP contribution in [0.3, 0.4) is 0 Å². The largest absolute Gasteiger partial charge is 0.331 e. The maximum Gasteiger partial charge on any atom is -0.00490 e. The molecule has 0 aliphatic rings. The summed E-state index contributed by atoms with van der Waals surface area (Å²) in [4.78, 5) is 0. The van der Waals surface area contributed by atoms with E-state index in [1.165, 1.54) is 38.8 Å². The van der Waals surface area contributed by atoms with Crippen LogP contribution in [-0.2, 0) is 0 Å². The van der Waals surface area contributed by atoms with Crippen LogP contribution in [0.1, 0.15) is 46.5 Å². The van der Waals surface area contributed by atoms with Gasteiger partial charge in [0.2, 0.25) is 0 Å². The normalized spacial score (nSPS) is 9.00. The number of nitrogens with two attached hydrogens (primary N) is 1. The van der Waals surface area contributed by atoms with Gasteiger partial charge in [-0.3, -0.25) is 0 Å². The molecule has 0 rings (SSSR count). The Labute approximate surface area is 77.9 Å². The fraction of sp³-hybridized carbons (Fsp3) is 1.00. The molecule has 0 radical (unpaired) electrons. The van der Waals surface area contributed by atoms with E-state index in [2.05, 4.69) is 19.2 Å². The predicted molar refractivity (Wildman–Crippen MR) is 57.4 cm³/mol. The number of hydrogen-bond donors (Lipinski definition) is 2. The minimum atomic E-state index is 0.750. The SMILES string of the molecule is CCCCNCCCC.CCN. The van der Waals surface area contributed by atoms with Crippen molar-refractivity contribution in [3.05, 3.63) is 0 Å². The highest BCUT2D eigenvalue weighted by atomic mass is 14.8. The molecule has 0 saturated heterocycles. The van der Waals surface area contributed by atoms with Crippen LogP contribution in [0.25, 0.3) is 0 Å². The molecule has 0 atom stereocenters. The number of rotatable bonds is 6. The second kappa shape index (κ2) is 17.1. The van der Waals surface area contributed by atoms with E-state index in [4.69, 9.17) is 5.73 Å². The third-order valence-electron chi connectivity index (χ3n) is 1.41. The van der Waals surface area contributed by atoms with Crippen molar-refractivity contribution in [1.29, 1.82) is 0 Å². The predicted octanol–water partition coefficient (Wildman–Crippen LogP) is 2.14. The van der Waals surface area contributed by atoms with E-state index in [0.717, 1.165) is 6.54 Å². The summed E-state index contributed by atoms with van der Waals surface area (Å²) in [5.41, 5.74) is 4.85. The van der Waals surface area contributed by atoms with Gasteiger partial charge < -0.3 is 11.1 Å². The van der Waals surface area contributed by atoms with Gasteiger partial charge >= 0.3 is 0 Å². The minimum absolute atomic E-state index is 0.750. The van der Waals surface area contributed by atoms with Crippen molar-refractivity contribution in [2.75, 3.05) is 19.6 Å². The van der Waals surface area contributed by atoms with Crippen LogP contribution >= 0.6 is 0 Å². The van der Waals surface area contributed by atoms with Gasteiger partial charge in [-0.25, -0.2) is 0 Å². The molecule has 0 aromatic carbocycles. The third kappa shape index (κ3) is 22.5. The van der Waals surface area contributed by atoms with Gasteiger partial charge in [0, 0.05) is 0 Å². The molecule has 0 aromatic heterocycles. The average Bonchev–Trinajstić information content (AvgIpc) is 2.06. The van der Waals surface area contributed by atoms with Crippen molar-refractivity contribution in [3.63, 3.8) is 0 Å². The summed E-state index contributed by atoms with van der Waals surface area (Å²) in [5.74, 6) is 0. The van der Waals surface area contributed by atoms with Crippen molar-refractivity contribution < 1.29 is 0 Å². The van der Waals surface area contributed by atoms with Crippen LogP contribution in [0.2, 0.25) is 0 Å². The van der Waals surface area contributed by atoms with Gasteiger partial charge in [0.25, 0.3) is 0 Å². The molecule has 3 N–H and O–H groups in total. The van der Waals surface area contributed by atoms with Gasteiger partial charge in [0.05, 0.1) is 0 Å². The zero-order valence-electron chi connectivity index (χ0n) is 9.03. The second-order valence-electron chi connectivity index (χ2n) is 2.87. The lowest BCUT2D eigenvalue weighted by atomic mass is 10.3. The maximum absolute atomic E-state index is 4.85. The van der Waals surface area contributed by atoms with Gasteiger partial charge in [-0.15, -0.1) is 0 Å². The fourth-order valence-corrected chi connectivity index (χ4v) is 0.729. The molecule has 2 heteroatoms. The lowest BCUT2D eigenvalue weighted by Gasteiger charge is -1.99.